The van der Waals surface area contributed by atoms with E-state index in [1.807, 2.05) is 24.5 Å². The number of aromatic amines is 1. The van der Waals surface area contributed by atoms with E-state index in [0.717, 1.165) is 18.8 Å². The van der Waals surface area contributed by atoms with Gasteiger partial charge in [-0.25, -0.2) is 4.98 Å². The molecule has 8 heteroatoms. The Morgan fingerprint density at radius 1 is 1.14 bits per heavy atom. The second kappa shape index (κ2) is 9.16. The molecule has 1 saturated heterocycles. The topological polar surface area (TPSA) is 56.2 Å². The number of hydrogen-bond donors (Lipinski definition) is 0. The minimum Gasteiger partial charge on any atom is -0.493 e. The second-order valence-electron chi connectivity index (χ2n) is 6.16. The number of pyridine rings is 1. The number of para-hydroxylation sites is 1. The van der Waals surface area contributed by atoms with E-state index in [1.165, 1.54) is 25.3 Å². The van der Waals surface area contributed by atoms with Crippen LogP contribution in [0.5, 0.6) is 11.5 Å². The predicted molar refractivity (Wildman–Crippen MR) is 100 cm³/mol. The Balaban J connectivity index is 1.65. The number of rotatable bonds is 6. The monoisotopic (exact) mass is 390 g/mol. The lowest BCUT2D eigenvalue weighted by molar-refractivity contribution is -0.377. The minimum atomic E-state index is -2.98. The van der Waals surface area contributed by atoms with Gasteiger partial charge in [-0.05, 0) is 12.1 Å². The highest BCUT2D eigenvalue weighted by atomic mass is 19.3. The van der Waals surface area contributed by atoms with Gasteiger partial charge >= 0.3 is 6.61 Å². The highest BCUT2D eigenvalue weighted by molar-refractivity contribution is 5.92. The summed E-state index contributed by atoms with van der Waals surface area (Å²) in [6.45, 7) is -0.367. The van der Waals surface area contributed by atoms with Gasteiger partial charge < -0.3 is 19.3 Å². The number of hydrogen-bond acceptors (Lipinski definition) is 4. The maximum atomic E-state index is 12.7. The number of nitrogens with one attached hydrogen (secondary N) is 1. The molecule has 0 atom stereocenters. The van der Waals surface area contributed by atoms with E-state index in [1.54, 1.807) is 17.0 Å². The number of piperazine rings is 1. The quantitative estimate of drug-likeness (QED) is 0.711. The van der Waals surface area contributed by atoms with Crippen molar-refractivity contribution >= 4 is 17.7 Å². The molecule has 1 amide bonds. The average molecular weight is 390 g/mol. The molecular weight excluding hydrogens is 368 g/mol. The van der Waals surface area contributed by atoms with Crippen molar-refractivity contribution in [2.45, 2.75) is 6.61 Å². The fraction of sp³-hybridized carbons (Fsp3) is 0.300. The van der Waals surface area contributed by atoms with E-state index in [0.29, 0.717) is 18.7 Å². The molecule has 1 aliphatic rings. The van der Waals surface area contributed by atoms with Gasteiger partial charge in [0.25, 0.3) is 0 Å². The van der Waals surface area contributed by atoms with E-state index >= 15 is 0 Å². The van der Waals surface area contributed by atoms with Crippen molar-refractivity contribution in [3.8, 4) is 11.5 Å². The first-order valence-corrected chi connectivity index (χ1v) is 8.88. The number of halogens is 2. The zero-order valence-electron chi connectivity index (χ0n) is 15.5. The first-order valence-electron chi connectivity index (χ1n) is 8.88. The Labute approximate surface area is 162 Å². The Kier molecular flexibility index (Phi) is 6.41. The number of carbonyl (C=O) groups is 1. The average Bonchev–Trinajstić information content (AvgIpc) is 2.73. The number of amides is 1. The molecule has 2 heterocycles. The van der Waals surface area contributed by atoms with Crippen molar-refractivity contribution < 1.29 is 28.0 Å². The standard InChI is InChI=1S/C20H21F2N3O3/c1-27-17-4-2-3-15(19(17)28-20(21)22)5-6-18(26)25-13-11-24(12-14-25)16-7-9-23-10-8-16/h2-10,20H,11-14H2,1H3/p+1/b6-5+. The highest BCUT2D eigenvalue weighted by Crippen LogP contribution is 2.33. The number of anilines is 1. The lowest BCUT2D eigenvalue weighted by atomic mass is 10.1. The summed E-state index contributed by atoms with van der Waals surface area (Å²) in [5.74, 6) is -0.0785. The van der Waals surface area contributed by atoms with Crippen LogP contribution < -0.4 is 19.4 Å². The van der Waals surface area contributed by atoms with E-state index in [-0.39, 0.29) is 17.4 Å². The molecule has 1 aromatic heterocycles. The van der Waals surface area contributed by atoms with Gasteiger partial charge in [0.15, 0.2) is 23.9 Å². The summed E-state index contributed by atoms with van der Waals surface area (Å²) in [7, 11) is 1.37. The van der Waals surface area contributed by atoms with Crippen molar-refractivity contribution in [1.29, 1.82) is 0 Å². The molecule has 0 radical (unpaired) electrons. The van der Waals surface area contributed by atoms with Crippen molar-refractivity contribution in [1.82, 2.24) is 4.90 Å². The van der Waals surface area contributed by atoms with Crippen LogP contribution in [0.4, 0.5) is 14.5 Å². The molecule has 2 aromatic rings. The van der Waals surface area contributed by atoms with Crippen molar-refractivity contribution in [3.05, 3.63) is 54.4 Å². The number of H-pyrrole nitrogens is 1. The summed E-state index contributed by atoms with van der Waals surface area (Å²) in [6, 6.07) is 8.75. The number of ether oxygens (including phenoxy) is 2. The predicted octanol–water partition coefficient (Wildman–Crippen LogP) is 2.47. The Hall–Kier alpha value is -3.16. The van der Waals surface area contributed by atoms with Gasteiger partial charge in [0.2, 0.25) is 5.91 Å². The molecular formula is C20H22F2N3O3+. The summed E-state index contributed by atoms with van der Waals surface area (Å²) in [5.41, 5.74) is 1.46. The van der Waals surface area contributed by atoms with Gasteiger partial charge in [0, 0.05) is 55.6 Å². The minimum absolute atomic E-state index is 0.0882. The van der Waals surface area contributed by atoms with Crippen molar-refractivity contribution in [2.24, 2.45) is 0 Å². The summed E-state index contributed by atoms with van der Waals surface area (Å²) < 4.78 is 35.0. The third-order valence-corrected chi connectivity index (χ3v) is 4.50. The molecule has 148 valence electrons. The van der Waals surface area contributed by atoms with Gasteiger partial charge in [0.05, 0.1) is 7.11 Å². The molecule has 3 rings (SSSR count). The summed E-state index contributed by atoms with van der Waals surface area (Å²) in [6.07, 6.45) is 6.58. The Morgan fingerprint density at radius 2 is 1.86 bits per heavy atom. The number of methoxy groups -OCH3 is 1. The van der Waals surface area contributed by atoms with Crippen LogP contribution >= 0.6 is 0 Å². The van der Waals surface area contributed by atoms with Crippen LogP contribution in [0, 0.1) is 0 Å². The molecule has 0 bridgehead atoms. The van der Waals surface area contributed by atoms with Gasteiger partial charge in [-0.3, -0.25) is 4.79 Å². The molecule has 1 aliphatic heterocycles. The molecule has 0 unspecified atom stereocenters. The zero-order valence-corrected chi connectivity index (χ0v) is 15.5. The summed E-state index contributed by atoms with van der Waals surface area (Å²) >= 11 is 0. The first kappa shape index (κ1) is 19.6. The number of alkyl halides is 2. The summed E-state index contributed by atoms with van der Waals surface area (Å²) in [5, 5.41) is 0. The van der Waals surface area contributed by atoms with Crippen LogP contribution in [0.15, 0.2) is 48.8 Å². The lowest BCUT2D eigenvalue weighted by Gasteiger charge is -2.35. The van der Waals surface area contributed by atoms with Crippen LogP contribution in [0.3, 0.4) is 0 Å². The van der Waals surface area contributed by atoms with E-state index in [4.69, 9.17) is 4.74 Å². The highest BCUT2D eigenvalue weighted by Gasteiger charge is 2.20. The lowest BCUT2D eigenvalue weighted by Crippen LogP contribution is -2.48. The van der Waals surface area contributed by atoms with Gasteiger partial charge in [-0.2, -0.15) is 8.78 Å². The molecule has 6 nitrogen and oxygen atoms in total. The molecule has 0 spiro atoms. The van der Waals surface area contributed by atoms with Gasteiger partial charge in [-0.15, -0.1) is 0 Å². The third kappa shape index (κ3) is 4.76. The smallest absolute Gasteiger partial charge is 0.387 e. The van der Waals surface area contributed by atoms with Crippen molar-refractivity contribution in [3.63, 3.8) is 0 Å². The van der Waals surface area contributed by atoms with E-state index in [9.17, 15) is 13.6 Å². The third-order valence-electron chi connectivity index (χ3n) is 4.50. The van der Waals surface area contributed by atoms with Crippen molar-refractivity contribution in [2.75, 3.05) is 38.2 Å². The maximum absolute atomic E-state index is 12.7. The Bertz CT molecular complexity index is 823. The molecule has 28 heavy (non-hydrogen) atoms. The second-order valence-corrected chi connectivity index (χ2v) is 6.16. The SMILES string of the molecule is COc1cccc(/C=C/C(=O)N2CCN(c3cc[nH+]cc3)CC2)c1OC(F)F. The largest absolute Gasteiger partial charge is 0.493 e. The van der Waals surface area contributed by atoms with Gasteiger partial charge in [0.1, 0.15) is 0 Å². The van der Waals surface area contributed by atoms with Crippen LogP contribution in [0.1, 0.15) is 5.56 Å². The van der Waals surface area contributed by atoms with Crippen LogP contribution in [0.2, 0.25) is 0 Å². The zero-order chi connectivity index (χ0) is 19.9. The Morgan fingerprint density at radius 3 is 2.50 bits per heavy atom. The molecule has 1 aromatic carbocycles. The number of carbonyl (C=O) groups excluding carboxylic acids is 1. The number of nitrogens with zero attached hydrogens (tertiary/aromatic N) is 2. The summed E-state index contributed by atoms with van der Waals surface area (Å²) in [4.78, 5) is 19.4. The molecule has 1 N–H and O–H groups in total. The molecule has 0 saturated carbocycles. The molecule has 0 aliphatic carbocycles. The van der Waals surface area contributed by atoms with Crippen LogP contribution in [-0.4, -0.2) is 50.7 Å². The van der Waals surface area contributed by atoms with Gasteiger partial charge in [-0.1, -0.05) is 12.1 Å². The first-order chi connectivity index (χ1) is 13.6. The van der Waals surface area contributed by atoms with Crippen LogP contribution in [-0.2, 0) is 4.79 Å². The van der Waals surface area contributed by atoms with E-state index < -0.39 is 6.61 Å². The maximum Gasteiger partial charge on any atom is 0.387 e. The number of aromatic nitrogens is 1. The van der Waals surface area contributed by atoms with E-state index in [2.05, 4.69) is 14.6 Å². The molecule has 1 fully saturated rings. The van der Waals surface area contributed by atoms with Crippen LogP contribution in [0.25, 0.3) is 6.08 Å². The normalized spacial score (nSPS) is 14.6. The number of benzene rings is 1. The fourth-order valence-electron chi connectivity index (χ4n) is 3.08. The fourth-order valence-corrected chi connectivity index (χ4v) is 3.08.